The predicted octanol–water partition coefficient (Wildman–Crippen LogP) is 0.850. The highest BCUT2D eigenvalue weighted by molar-refractivity contribution is 7.92. The second kappa shape index (κ2) is 5.96. The van der Waals surface area contributed by atoms with Crippen molar-refractivity contribution in [1.82, 2.24) is 10.2 Å². The van der Waals surface area contributed by atoms with E-state index in [-0.39, 0.29) is 30.8 Å². The summed E-state index contributed by atoms with van der Waals surface area (Å²) in [5.74, 6) is -0.601. The van der Waals surface area contributed by atoms with Crippen LogP contribution in [-0.4, -0.2) is 61.1 Å². The zero-order chi connectivity index (χ0) is 16.7. The van der Waals surface area contributed by atoms with E-state index in [1.807, 2.05) is 0 Å². The van der Waals surface area contributed by atoms with Crippen LogP contribution >= 0.6 is 0 Å². The molecule has 3 atom stereocenters. The summed E-state index contributed by atoms with van der Waals surface area (Å²) in [6, 6.07) is -0.333. The van der Waals surface area contributed by atoms with Gasteiger partial charge in [0.2, 0.25) is 0 Å². The lowest BCUT2D eigenvalue weighted by Crippen LogP contribution is -2.46. The van der Waals surface area contributed by atoms with E-state index in [4.69, 9.17) is 0 Å². The molecule has 2 saturated heterocycles. The van der Waals surface area contributed by atoms with Crippen molar-refractivity contribution in [2.75, 3.05) is 25.4 Å². The average molecular weight is 344 g/mol. The number of hydrogen-bond acceptors (Lipinski definition) is 4. The number of nitrogens with one attached hydrogen (secondary N) is 1. The average Bonchev–Trinajstić information content (AvgIpc) is 3.03. The number of carbonyl (C=O) groups is 2. The Bertz CT molecular complexity index is 605. The number of fused-ring (bicyclic) bond motifs is 1. The summed E-state index contributed by atoms with van der Waals surface area (Å²) >= 11 is 0. The van der Waals surface area contributed by atoms with Gasteiger partial charge in [-0.1, -0.05) is 12.8 Å². The van der Waals surface area contributed by atoms with Crippen LogP contribution in [0.2, 0.25) is 0 Å². The molecular weight excluding hydrogens is 320 g/mol. The maximum Gasteiger partial charge on any atom is 0.317 e. The number of nitrogens with zero attached hydrogens (tertiary/aromatic N) is 1. The zero-order valence-electron chi connectivity index (χ0n) is 13.2. The summed E-state index contributed by atoms with van der Waals surface area (Å²) in [6.45, 7) is 0.814. The molecule has 0 spiro atoms. The Morgan fingerprint density at radius 1 is 1.22 bits per heavy atom. The molecule has 3 aliphatic rings. The molecule has 0 aromatic heterocycles. The van der Waals surface area contributed by atoms with Gasteiger partial charge in [-0.05, 0) is 31.6 Å². The Hall–Kier alpha value is -1.31. The highest BCUT2D eigenvalue weighted by Crippen LogP contribution is 2.48. The zero-order valence-corrected chi connectivity index (χ0v) is 14.0. The van der Waals surface area contributed by atoms with E-state index in [2.05, 4.69) is 5.32 Å². The Kier molecular flexibility index (Phi) is 4.29. The summed E-state index contributed by atoms with van der Waals surface area (Å²) in [6.07, 6.45) is 4.51. The van der Waals surface area contributed by atoms with Crippen LogP contribution in [0.5, 0.6) is 0 Å². The molecule has 2 N–H and O–H groups in total. The third-order valence-corrected chi connectivity index (χ3v) is 8.05. The topological polar surface area (TPSA) is 104 Å². The molecule has 3 fully saturated rings. The van der Waals surface area contributed by atoms with E-state index in [0.717, 1.165) is 19.3 Å². The Balaban J connectivity index is 1.59. The first kappa shape index (κ1) is 16.5. The Labute approximate surface area is 136 Å². The molecule has 2 heterocycles. The number of aliphatic carboxylic acids is 1. The normalized spacial score (nSPS) is 35.7. The minimum Gasteiger partial charge on any atom is -0.481 e. The van der Waals surface area contributed by atoms with Crippen molar-refractivity contribution in [2.24, 2.45) is 11.3 Å². The number of urea groups is 1. The van der Waals surface area contributed by atoms with Crippen LogP contribution in [0.25, 0.3) is 0 Å². The van der Waals surface area contributed by atoms with E-state index < -0.39 is 26.5 Å². The number of sulfone groups is 1. The fourth-order valence-electron chi connectivity index (χ4n) is 4.36. The van der Waals surface area contributed by atoms with Gasteiger partial charge in [0.15, 0.2) is 9.84 Å². The van der Waals surface area contributed by atoms with Gasteiger partial charge in [-0.25, -0.2) is 13.2 Å². The van der Waals surface area contributed by atoms with Crippen molar-refractivity contribution >= 4 is 21.8 Å². The van der Waals surface area contributed by atoms with Gasteiger partial charge in [0.25, 0.3) is 0 Å². The van der Waals surface area contributed by atoms with Gasteiger partial charge >= 0.3 is 12.0 Å². The molecule has 130 valence electrons. The molecule has 0 aromatic carbocycles. The van der Waals surface area contributed by atoms with Crippen LogP contribution in [0, 0.1) is 11.3 Å². The standard InChI is InChI=1S/C15H24N2O5S/c18-13(19)15-6-3-4-11(15)9-17(10-15)14(20)16-8-12-5-1-2-7-23(12,21)22/h11-12H,1-10H2,(H,16,20)(H,18,19)/t11-,12?,15+/m0/s1. The number of carboxylic acid groups (broad SMARTS) is 1. The SMILES string of the molecule is O=C(NCC1CCCCS1(=O)=O)N1C[C@@H]2CCC[C@@]2(C(=O)O)C1. The molecule has 8 heteroatoms. The predicted molar refractivity (Wildman–Crippen MR) is 83.8 cm³/mol. The second-order valence-electron chi connectivity index (χ2n) is 7.10. The van der Waals surface area contributed by atoms with Gasteiger partial charge in [0, 0.05) is 19.6 Å². The van der Waals surface area contributed by atoms with Crippen LogP contribution in [-0.2, 0) is 14.6 Å². The van der Waals surface area contributed by atoms with Crippen LogP contribution < -0.4 is 5.32 Å². The van der Waals surface area contributed by atoms with E-state index in [1.54, 1.807) is 4.90 Å². The first-order chi connectivity index (χ1) is 10.8. The maximum absolute atomic E-state index is 12.3. The van der Waals surface area contributed by atoms with Gasteiger partial charge in [-0.3, -0.25) is 4.79 Å². The highest BCUT2D eigenvalue weighted by Gasteiger charge is 2.55. The number of likely N-dealkylation sites (tertiary alicyclic amines) is 1. The Morgan fingerprint density at radius 2 is 2.00 bits per heavy atom. The molecule has 0 radical (unpaired) electrons. The van der Waals surface area contributed by atoms with Crippen LogP contribution in [0.1, 0.15) is 38.5 Å². The molecule has 1 saturated carbocycles. The van der Waals surface area contributed by atoms with Crippen molar-refractivity contribution in [1.29, 1.82) is 0 Å². The highest BCUT2D eigenvalue weighted by atomic mass is 32.2. The molecular formula is C15H24N2O5S. The van der Waals surface area contributed by atoms with Crippen LogP contribution in [0.3, 0.4) is 0 Å². The molecule has 0 bridgehead atoms. The number of amides is 2. The van der Waals surface area contributed by atoms with E-state index in [1.165, 1.54) is 0 Å². The van der Waals surface area contributed by atoms with Gasteiger partial charge in [-0.2, -0.15) is 0 Å². The number of hydrogen-bond donors (Lipinski definition) is 2. The fraction of sp³-hybridized carbons (Fsp3) is 0.867. The molecule has 0 aromatic rings. The minimum absolute atomic E-state index is 0.0177. The van der Waals surface area contributed by atoms with Crippen molar-refractivity contribution in [3.63, 3.8) is 0 Å². The van der Waals surface area contributed by atoms with Crippen molar-refractivity contribution in [3.8, 4) is 0 Å². The number of carboxylic acids is 1. The molecule has 1 aliphatic carbocycles. The van der Waals surface area contributed by atoms with Gasteiger partial charge < -0.3 is 15.3 Å². The summed E-state index contributed by atoms with van der Waals surface area (Å²) in [4.78, 5) is 25.5. The quantitative estimate of drug-likeness (QED) is 0.790. The maximum atomic E-state index is 12.3. The molecule has 7 nitrogen and oxygen atoms in total. The molecule has 2 aliphatic heterocycles. The van der Waals surface area contributed by atoms with Crippen LogP contribution in [0.4, 0.5) is 4.79 Å². The summed E-state index contributed by atoms with van der Waals surface area (Å²) in [5, 5.41) is 11.7. The second-order valence-corrected chi connectivity index (χ2v) is 9.50. The lowest BCUT2D eigenvalue weighted by atomic mass is 9.81. The van der Waals surface area contributed by atoms with E-state index in [0.29, 0.717) is 25.8 Å². The largest absolute Gasteiger partial charge is 0.481 e. The first-order valence-corrected chi connectivity index (χ1v) is 10.0. The van der Waals surface area contributed by atoms with E-state index in [9.17, 15) is 23.1 Å². The van der Waals surface area contributed by atoms with Crippen molar-refractivity contribution < 1.29 is 23.1 Å². The van der Waals surface area contributed by atoms with Gasteiger partial charge in [0.1, 0.15) is 0 Å². The lowest BCUT2D eigenvalue weighted by Gasteiger charge is -2.25. The monoisotopic (exact) mass is 344 g/mol. The first-order valence-electron chi connectivity index (χ1n) is 8.33. The molecule has 23 heavy (non-hydrogen) atoms. The van der Waals surface area contributed by atoms with Gasteiger partial charge in [-0.15, -0.1) is 0 Å². The smallest absolute Gasteiger partial charge is 0.317 e. The lowest BCUT2D eigenvalue weighted by molar-refractivity contribution is -0.149. The molecule has 3 rings (SSSR count). The van der Waals surface area contributed by atoms with Crippen molar-refractivity contribution in [2.45, 2.75) is 43.8 Å². The minimum atomic E-state index is -3.11. The van der Waals surface area contributed by atoms with E-state index >= 15 is 0 Å². The third-order valence-electron chi connectivity index (χ3n) is 5.78. The summed E-state index contributed by atoms with van der Waals surface area (Å²) in [7, 11) is -3.11. The molecule has 1 unspecified atom stereocenters. The molecule has 2 amide bonds. The third kappa shape index (κ3) is 2.93. The number of rotatable bonds is 3. The van der Waals surface area contributed by atoms with Crippen LogP contribution in [0.15, 0.2) is 0 Å². The van der Waals surface area contributed by atoms with Gasteiger partial charge in [0.05, 0.1) is 16.4 Å². The van der Waals surface area contributed by atoms with Crippen molar-refractivity contribution in [3.05, 3.63) is 0 Å². The Morgan fingerprint density at radius 3 is 2.65 bits per heavy atom. The number of carbonyl (C=O) groups excluding carboxylic acids is 1. The summed E-state index contributed by atoms with van der Waals surface area (Å²) in [5.41, 5.74) is -0.797. The fourth-order valence-corrected chi connectivity index (χ4v) is 6.16. The summed E-state index contributed by atoms with van der Waals surface area (Å²) < 4.78 is 23.9.